The molecule has 1 rings (SSSR count). The van der Waals surface area contributed by atoms with Crippen LogP contribution in [0, 0.1) is 5.41 Å². The minimum absolute atomic E-state index is 0.0822. The van der Waals surface area contributed by atoms with E-state index in [4.69, 9.17) is 15.9 Å². The Morgan fingerprint density at radius 3 is 2.75 bits per heavy atom. The molecule has 0 aliphatic heterocycles. The first-order chi connectivity index (χ1) is 7.40. The highest BCUT2D eigenvalue weighted by Gasteiger charge is 2.12. The van der Waals surface area contributed by atoms with Crippen molar-refractivity contribution in [2.45, 2.75) is 32.4 Å². The Labute approximate surface area is 97.9 Å². The maximum atomic E-state index is 7.38. The minimum Gasteiger partial charge on any atom is -0.382 e. The molecular formula is C11H21N3OSi. The van der Waals surface area contributed by atoms with E-state index in [0.717, 1.165) is 12.7 Å². The van der Waals surface area contributed by atoms with Crippen molar-refractivity contribution in [2.75, 3.05) is 6.61 Å². The summed E-state index contributed by atoms with van der Waals surface area (Å²) in [6, 6.07) is 4.85. The van der Waals surface area contributed by atoms with Crippen molar-refractivity contribution < 1.29 is 4.74 Å². The van der Waals surface area contributed by atoms with Crippen LogP contribution in [0.3, 0.4) is 0 Å². The van der Waals surface area contributed by atoms with Crippen LogP contribution in [0.15, 0.2) is 18.3 Å². The second-order valence-electron chi connectivity index (χ2n) is 5.12. The van der Waals surface area contributed by atoms with Gasteiger partial charge < -0.3 is 15.0 Å². The summed E-state index contributed by atoms with van der Waals surface area (Å²) in [5.41, 5.74) is 6.16. The average Bonchev–Trinajstić information content (AvgIpc) is 2.58. The lowest BCUT2D eigenvalue weighted by Gasteiger charge is -2.16. The fourth-order valence-corrected chi connectivity index (χ4v) is 2.07. The van der Waals surface area contributed by atoms with Gasteiger partial charge in [0.1, 0.15) is 12.6 Å². The van der Waals surface area contributed by atoms with Gasteiger partial charge in [0.05, 0.1) is 5.69 Å². The van der Waals surface area contributed by atoms with E-state index in [1.54, 1.807) is 0 Å². The number of hydrogen-bond acceptors (Lipinski definition) is 2. The number of nitrogens with two attached hydrogens (primary N) is 1. The van der Waals surface area contributed by atoms with Crippen LogP contribution in [0.4, 0.5) is 0 Å². The van der Waals surface area contributed by atoms with Gasteiger partial charge in [-0.05, 0) is 18.2 Å². The third kappa shape index (κ3) is 4.20. The minimum atomic E-state index is -1.02. The smallest absolute Gasteiger partial charge is 0.139 e. The molecule has 0 radical (unpaired) electrons. The molecule has 4 nitrogen and oxygen atoms in total. The van der Waals surface area contributed by atoms with Gasteiger partial charge in [0.25, 0.3) is 0 Å². The number of ether oxygens (including phenoxy) is 1. The zero-order valence-electron chi connectivity index (χ0n) is 10.3. The molecule has 0 unspecified atom stereocenters. The molecule has 5 heteroatoms. The van der Waals surface area contributed by atoms with Crippen molar-refractivity contribution in [3.63, 3.8) is 0 Å². The Bertz CT molecular complexity index is 354. The first-order valence-electron chi connectivity index (χ1n) is 5.47. The van der Waals surface area contributed by atoms with Crippen molar-refractivity contribution in [3.05, 3.63) is 24.0 Å². The Kier molecular flexibility index (Phi) is 4.32. The summed E-state index contributed by atoms with van der Waals surface area (Å²) >= 11 is 0. The van der Waals surface area contributed by atoms with Gasteiger partial charge in [-0.25, -0.2) is 0 Å². The zero-order chi connectivity index (χ0) is 12.2. The molecule has 90 valence electrons. The van der Waals surface area contributed by atoms with Gasteiger partial charge in [0.2, 0.25) is 0 Å². The van der Waals surface area contributed by atoms with Crippen LogP contribution >= 0.6 is 0 Å². The molecule has 0 aliphatic carbocycles. The second-order valence-corrected chi connectivity index (χ2v) is 10.7. The van der Waals surface area contributed by atoms with Crippen molar-refractivity contribution in [2.24, 2.45) is 5.73 Å². The number of hydrogen-bond donors (Lipinski definition) is 2. The lowest BCUT2D eigenvalue weighted by Crippen LogP contribution is -2.22. The molecule has 0 amide bonds. The van der Waals surface area contributed by atoms with Gasteiger partial charge >= 0.3 is 0 Å². The molecule has 3 N–H and O–H groups in total. The molecule has 0 spiro atoms. The summed E-state index contributed by atoms with van der Waals surface area (Å²) in [7, 11) is -1.02. The van der Waals surface area contributed by atoms with Crippen LogP contribution < -0.4 is 5.73 Å². The van der Waals surface area contributed by atoms with Crippen LogP contribution in [-0.4, -0.2) is 25.1 Å². The van der Waals surface area contributed by atoms with Crippen LogP contribution in [-0.2, 0) is 11.5 Å². The number of nitrogens with zero attached hydrogens (tertiary/aromatic N) is 1. The Balaban J connectivity index is 2.38. The van der Waals surface area contributed by atoms with E-state index in [2.05, 4.69) is 19.6 Å². The van der Waals surface area contributed by atoms with Crippen molar-refractivity contribution in [1.29, 1.82) is 5.41 Å². The molecule has 0 bridgehead atoms. The molecule has 0 aromatic carbocycles. The van der Waals surface area contributed by atoms with Gasteiger partial charge in [-0.1, -0.05) is 19.6 Å². The molecular weight excluding hydrogens is 218 g/mol. The zero-order valence-corrected chi connectivity index (χ0v) is 11.3. The maximum absolute atomic E-state index is 7.38. The lowest BCUT2D eigenvalue weighted by atomic mass is 10.4. The largest absolute Gasteiger partial charge is 0.382 e. The number of rotatable bonds is 6. The molecule has 1 heterocycles. The van der Waals surface area contributed by atoms with Gasteiger partial charge in [-0.2, -0.15) is 0 Å². The number of nitrogen functional groups attached to an aromatic ring is 1. The molecule has 1 aromatic heterocycles. The maximum Gasteiger partial charge on any atom is 0.139 e. The highest BCUT2D eigenvalue weighted by molar-refractivity contribution is 6.76. The van der Waals surface area contributed by atoms with E-state index >= 15 is 0 Å². The monoisotopic (exact) mass is 239 g/mol. The van der Waals surface area contributed by atoms with Crippen molar-refractivity contribution >= 4 is 13.9 Å². The van der Waals surface area contributed by atoms with Gasteiger partial charge in [-0.15, -0.1) is 0 Å². The van der Waals surface area contributed by atoms with E-state index < -0.39 is 8.07 Å². The van der Waals surface area contributed by atoms with E-state index in [1.165, 1.54) is 0 Å². The fraction of sp³-hybridized carbons (Fsp3) is 0.545. The lowest BCUT2D eigenvalue weighted by molar-refractivity contribution is 0.0871. The number of nitrogens with one attached hydrogen (secondary N) is 1. The van der Waals surface area contributed by atoms with Gasteiger partial charge in [0.15, 0.2) is 0 Å². The van der Waals surface area contributed by atoms with E-state index in [-0.39, 0.29) is 5.84 Å². The highest BCUT2D eigenvalue weighted by Crippen LogP contribution is 2.08. The van der Waals surface area contributed by atoms with E-state index in [9.17, 15) is 0 Å². The first kappa shape index (κ1) is 13.0. The molecule has 0 saturated heterocycles. The Hall–Kier alpha value is -1.07. The fourth-order valence-electron chi connectivity index (χ4n) is 1.31. The molecule has 16 heavy (non-hydrogen) atoms. The number of aromatic nitrogens is 1. The Morgan fingerprint density at radius 2 is 2.19 bits per heavy atom. The summed E-state index contributed by atoms with van der Waals surface area (Å²) in [5, 5.41) is 7.38. The predicted octanol–water partition coefficient (Wildman–Crippen LogP) is 2.08. The molecule has 0 atom stereocenters. The van der Waals surface area contributed by atoms with Crippen LogP contribution in [0.2, 0.25) is 25.7 Å². The summed E-state index contributed by atoms with van der Waals surface area (Å²) in [6.07, 6.45) is 1.88. The van der Waals surface area contributed by atoms with Crippen molar-refractivity contribution in [1.82, 2.24) is 4.57 Å². The van der Waals surface area contributed by atoms with Crippen LogP contribution in [0.25, 0.3) is 0 Å². The first-order valence-corrected chi connectivity index (χ1v) is 9.18. The summed E-state index contributed by atoms with van der Waals surface area (Å²) in [6.45, 7) is 8.24. The molecule has 0 saturated carbocycles. The summed E-state index contributed by atoms with van der Waals surface area (Å²) < 4.78 is 7.44. The molecule has 1 aromatic rings. The average molecular weight is 239 g/mol. The summed E-state index contributed by atoms with van der Waals surface area (Å²) in [5.74, 6) is 0.0822. The van der Waals surface area contributed by atoms with E-state index in [0.29, 0.717) is 12.4 Å². The third-order valence-corrected chi connectivity index (χ3v) is 4.04. The summed E-state index contributed by atoms with van der Waals surface area (Å²) in [4.78, 5) is 0. The highest BCUT2D eigenvalue weighted by atomic mass is 28.3. The Morgan fingerprint density at radius 1 is 1.50 bits per heavy atom. The third-order valence-electron chi connectivity index (χ3n) is 2.33. The normalized spacial score (nSPS) is 11.7. The van der Waals surface area contributed by atoms with Crippen LogP contribution in [0.5, 0.6) is 0 Å². The SMILES string of the molecule is C[Si](C)(C)CCOCn1cccc1C(=N)N. The van der Waals surface area contributed by atoms with Gasteiger partial charge in [-0.3, -0.25) is 5.41 Å². The number of amidine groups is 1. The molecule has 0 fully saturated rings. The molecule has 0 aliphatic rings. The van der Waals surface area contributed by atoms with Crippen molar-refractivity contribution in [3.8, 4) is 0 Å². The quantitative estimate of drug-likeness (QED) is 0.345. The topological polar surface area (TPSA) is 64.0 Å². The van der Waals surface area contributed by atoms with Gasteiger partial charge in [0, 0.05) is 20.9 Å². The van der Waals surface area contributed by atoms with Crippen LogP contribution in [0.1, 0.15) is 5.69 Å². The second kappa shape index (κ2) is 5.31. The standard InChI is InChI=1S/C11H21N3OSi/c1-16(2,3)8-7-15-9-14-6-4-5-10(14)11(12)13/h4-6H,7-9H2,1-3H3,(H3,12,13). The predicted molar refractivity (Wildman–Crippen MR) is 69.6 cm³/mol. The van der Waals surface area contributed by atoms with E-state index in [1.807, 2.05) is 22.9 Å².